The summed E-state index contributed by atoms with van der Waals surface area (Å²) in [5, 5.41) is 2.09. The van der Waals surface area contributed by atoms with Crippen LogP contribution < -0.4 is 5.32 Å². The summed E-state index contributed by atoms with van der Waals surface area (Å²) in [6.07, 6.45) is -11.5. The molecule has 21 heavy (non-hydrogen) atoms. The molecule has 0 bridgehead atoms. The molecule has 0 aliphatic carbocycles. The fraction of sp³-hybridized carbons (Fsp3) is 0.462. The molecule has 118 valence electrons. The highest BCUT2D eigenvalue weighted by atomic mass is 19.4. The Kier molecular flexibility index (Phi) is 5.38. The summed E-state index contributed by atoms with van der Waals surface area (Å²) in [6, 6.07) is 4.67. The van der Waals surface area contributed by atoms with Gasteiger partial charge in [0, 0.05) is 6.04 Å². The number of benzene rings is 1. The van der Waals surface area contributed by atoms with Crippen molar-refractivity contribution in [3.63, 3.8) is 0 Å². The van der Waals surface area contributed by atoms with Gasteiger partial charge >= 0.3 is 12.4 Å². The first kappa shape index (κ1) is 17.5. The zero-order valence-electron chi connectivity index (χ0n) is 10.9. The van der Waals surface area contributed by atoms with E-state index in [9.17, 15) is 31.1 Å². The van der Waals surface area contributed by atoms with Crippen molar-refractivity contribution in [2.75, 3.05) is 0 Å². The first-order valence-corrected chi connectivity index (χ1v) is 5.97. The third kappa shape index (κ3) is 4.73. The van der Waals surface area contributed by atoms with Crippen molar-refractivity contribution in [2.24, 2.45) is 5.92 Å². The van der Waals surface area contributed by atoms with E-state index in [2.05, 4.69) is 5.32 Å². The molecule has 0 fully saturated rings. The Morgan fingerprint density at radius 2 is 1.48 bits per heavy atom. The highest BCUT2D eigenvalue weighted by molar-refractivity contribution is 5.59. The van der Waals surface area contributed by atoms with Crippen LogP contribution in [0, 0.1) is 5.92 Å². The van der Waals surface area contributed by atoms with E-state index >= 15 is 0 Å². The van der Waals surface area contributed by atoms with Gasteiger partial charge in [-0.15, -0.1) is 0 Å². The Morgan fingerprint density at radius 1 is 1.00 bits per heavy atom. The van der Waals surface area contributed by atoms with Gasteiger partial charge in [-0.1, -0.05) is 30.3 Å². The molecular weight excluding hydrogens is 300 g/mol. The number of halogens is 6. The van der Waals surface area contributed by atoms with E-state index in [1.807, 2.05) is 0 Å². The molecular formula is C13H13F6NO. The van der Waals surface area contributed by atoms with Crippen LogP contribution in [-0.2, 0) is 4.79 Å². The standard InChI is InChI=1S/C13H13F6NO/c1-8(9-5-3-2-4-6-9)20-10(7-21)11(12(14,15)16)13(17,18)19/h2-8,10-11,20H,1H3. The number of carbonyl (C=O) groups is 1. The molecule has 1 rings (SSSR count). The van der Waals surface area contributed by atoms with E-state index in [1.54, 1.807) is 18.2 Å². The normalized spacial score (nSPS) is 15.8. The van der Waals surface area contributed by atoms with E-state index in [-0.39, 0.29) is 6.29 Å². The lowest BCUT2D eigenvalue weighted by Crippen LogP contribution is -2.52. The van der Waals surface area contributed by atoms with Gasteiger partial charge in [0.05, 0.1) is 6.04 Å². The van der Waals surface area contributed by atoms with Gasteiger partial charge in [-0.2, -0.15) is 26.3 Å². The molecule has 0 amide bonds. The predicted octanol–water partition coefficient (Wildman–Crippen LogP) is 3.65. The summed E-state index contributed by atoms with van der Waals surface area (Å²) >= 11 is 0. The Bertz CT molecular complexity index is 442. The Balaban J connectivity index is 2.98. The predicted molar refractivity (Wildman–Crippen MR) is 63.4 cm³/mol. The summed E-state index contributed by atoms with van der Waals surface area (Å²) in [4.78, 5) is 10.7. The third-order valence-corrected chi connectivity index (χ3v) is 2.95. The second-order valence-electron chi connectivity index (χ2n) is 4.52. The Hall–Kier alpha value is -1.57. The largest absolute Gasteiger partial charge is 0.402 e. The van der Waals surface area contributed by atoms with Crippen LogP contribution in [-0.4, -0.2) is 24.7 Å². The van der Waals surface area contributed by atoms with Gasteiger partial charge in [-0.3, -0.25) is 0 Å². The summed E-state index contributed by atoms with van der Waals surface area (Å²) in [7, 11) is 0. The zero-order chi connectivity index (χ0) is 16.3. The molecule has 1 aromatic rings. The molecule has 0 saturated heterocycles. The van der Waals surface area contributed by atoms with Crippen LogP contribution in [0.1, 0.15) is 18.5 Å². The van der Waals surface area contributed by atoms with E-state index in [4.69, 9.17) is 0 Å². The Morgan fingerprint density at radius 3 is 1.86 bits per heavy atom. The van der Waals surface area contributed by atoms with Crippen molar-refractivity contribution in [1.29, 1.82) is 0 Å². The third-order valence-electron chi connectivity index (χ3n) is 2.95. The number of alkyl halides is 6. The fourth-order valence-electron chi connectivity index (χ4n) is 1.93. The van der Waals surface area contributed by atoms with E-state index in [0.717, 1.165) is 0 Å². The minimum Gasteiger partial charge on any atom is -0.302 e. The van der Waals surface area contributed by atoms with Crippen molar-refractivity contribution in [2.45, 2.75) is 31.4 Å². The molecule has 2 nitrogen and oxygen atoms in total. The molecule has 0 saturated carbocycles. The van der Waals surface area contributed by atoms with Crippen molar-refractivity contribution in [1.82, 2.24) is 5.32 Å². The number of aldehydes is 1. The summed E-state index contributed by atoms with van der Waals surface area (Å²) in [5.74, 6) is -3.74. The molecule has 2 atom stereocenters. The number of hydrogen-bond acceptors (Lipinski definition) is 2. The minimum atomic E-state index is -5.56. The quantitative estimate of drug-likeness (QED) is 0.664. The number of hydrogen-bond donors (Lipinski definition) is 1. The summed E-state index contributed by atoms with van der Waals surface area (Å²) in [6.45, 7) is 1.38. The van der Waals surface area contributed by atoms with Crippen LogP contribution in [0.3, 0.4) is 0 Å². The van der Waals surface area contributed by atoms with Gasteiger partial charge in [0.2, 0.25) is 0 Å². The monoisotopic (exact) mass is 313 g/mol. The topological polar surface area (TPSA) is 29.1 Å². The molecule has 0 heterocycles. The van der Waals surface area contributed by atoms with E-state index in [1.165, 1.54) is 19.1 Å². The van der Waals surface area contributed by atoms with Gasteiger partial charge < -0.3 is 10.1 Å². The number of carbonyl (C=O) groups excluding carboxylic acids is 1. The van der Waals surface area contributed by atoms with Gasteiger partial charge in [-0.25, -0.2) is 0 Å². The fourth-order valence-corrected chi connectivity index (χ4v) is 1.93. The maximum Gasteiger partial charge on any atom is 0.402 e. The van der Waals surface area contributed by atoms with Crippen LogP contribution in [0.4, 0.5) is 26.3 Å². The molecule has 0 aliphatic rings. The smallest absolute Gasteiger partial charge is 0.302 e. The van der Waals surface area contributed by atoms with Crippen LogP contribution in [0.5, 0.6) is 0 Å². The van der Waals surface area contributed by atoms with Gasteiger partial charge in [-0.05, 0) is 12.5 Å². The maximum absolute atomic E-state index is 12.6. The highest BCUT2D eigenvalue weighted by Crippen LogP contribution is 2.41. The van der Waals surface area contributed by atoms with Crippen LogP contribution >= 0.6 is 0 Å². The molecule has 0 aromatic heterocycles. The van der Waals surface area contributed by atoms with Crippen molar-refractivity contribution in [3.05, 3.63) is 35.9 Å². The first-order chi connectivity index (χ1) is 9.57. The second-order valence-corrected chi connectivity index (χ2v) is 4.52. The van der Waals surface area contributed by atoms with Crippen molar-refractivity contribution in [3.8, 4) is 0 Å². The second kappa shape index (κ2) is 6.46. The molecule has 0 aliphatic heterocycles. The molecule has 1 N–H and O–H groups in total. The lowest BCUT2D eigenvalue weighted by atomic mass is 9.97. The minimum absolute atomic E-state index is 0.356. The number of rotatable bonds is 5. The lowest BCUT2D eigenvalue weighted by Gasteiger charge is -2.30. The lowest BCUT2D eigenvalue weighted by molar-refractivity contribution is -0.289. The van der Waals surface area contributed by atoms with E-state index in [0.29, 0.717) is 5.56 Å². The SMILES string of the molecule is CC(NC(C=O)C(C(F)(F)F)C(F)(F)F)c1ccccc1. The maximum atomic E-state index is 12.6. The van der Waals surface area contributed by atoms with Crippen LogP contribution in [0.25, 0.3) is 0 Å². The van der Waals surface area contributed by atoms with Crippen LogP contribution in [0.2, 0.25) is 0 Å². The molecule has 1 aromatic carbocycles. The van der Waals surface area contributed by atoms with Crippen LogP contribution in [0.15, 0.2) is 30.3 Å². The molecule has 8 heteroatoms. The Labute approximate surface area is 117 Å². The zero-order valence-corrected chi connectivity index (χ0v) is 10.9. The van der Waals surface area contributed by atoms with Gasteiger partial charge in [0.25, 0.3) is 0 Å². The summed E-state index contributed by atoms with van der Waals surface area (Å²) < 4.78 is 75.5. The van der Waals surface area contributed by atoms with Crippen molar-refractivity contribution < 1.29 is 31.1 Å². The van der Waals surface area contributed by atoms with E-state index < -0.39 is 30.4 Å². The van der Waals surface area contributed by atoms with Crippen molar-refractivity contribution >= 4 is 6.29 Å². The number of nitrogens with one attached hydrogen (secondary N) is 1. The first-order valence-electron chi connectivity index (χ1n) is 5.97. The average Bonchev–Trinajstić information content (AvgIpc) is 2.35. The molecule has 0 spiro atoms. The average molecular weight is 313 g/mol. The van der Waals surface area contributed by atoms with Gasteiger partial charge in [0.15, 0.2) is 5.92 Å². The molecule has 0 radical (unpaired) electrons. The molecule has 2 unspecified atom stereocenters. The summed E-state index contributed by atoms with van der Waals surface area (Å²) in [5.41, 5.74) is 0.479. The highest BCUT2D eigenvalue weighted by Gasteiger charge is 2.60. The van der Waals surface area contributed by atoms with Gasteiger partial charge in [0.1, 0.15) is 6.29 Å².